The molecule has 2 rings (SSSR count). The number of amides is 1. The number of nitrogens with one attached hydrogen (secondary N) is 1. The second kappa shape index (κ2) is 5.81. The lowest BCUT2D eigenvalue weighted by Crippen LogP contribution is -2.27. The van der Waals surface area contributed by atoms with Crippen LogP contribution in [0.5, 0.6) is 0 Å². The number of hydrogen-bond acceptors (Lipinski definition) is 5. The van der Waals surface area contributed by atoms with Crippen molar-refractivity contribution in [3.8, 4) is 0 Å². The maximum absolute atomic E-state index is 12.0. The van der Waals surface area contributed by atoms with Crippen LogP contribution in [0.1, 0.15) is 16.5 Å². The molecule has 0 aliphatic rings. The van der Waals surface area contributed by atoms with E-state index in [0.717, 1.165) is 5.56 Å². The van der Waals surface area contributed by atoms with Gasteiger partial charge in [-0.05, 0) is 30.0 Å². The van der Waals surface area contributed by atoms with Crippen LogP contribution < -0.4 is 11.1 Å². The third-order valence-corrected chi connectivity index (χ3v) is 3.69. The van der Waals surface area contributed by atoms with Crippen LogP contribution in [0.3, 0.4) is 0 Å². The van der Waals surface area contributed by atoms with Crippen LogP contribution in [0.4, 0.5) is 11.4 Å². The number of hydrogen-bond donors (Lipinski definition) is 2. The Morgan fingerprint density at radius 3 is 2.80 bits per heavy atom. The molecule has 0 spiro atoms. The van der Waals surface area contributed by atoms with Crippen LogP contribution in [0.25, 0.3) is 0 Å². The normalized spacial score (nSPS) is 11.9. The Labute approximate surface area is 119 Å². The van der Waals surface area contributed by atoms with E-state index in [4.69, 9.17) is 5.73 Å². The summed E-state index contributed by atoms with van der Waals surface area (Å²) in [5.74, 6) is -0.471. The van der Waals surface area contributed by atoms with Crippen LogP contribution in [-0.4, -0.2) is 10.8 Å². The van der Waals surface area contributed by atoms with Crippen LogP contribution >= 0.6 is 11.3 Å². The van der Waals surface area contributed by atoms with E-state index in [-0.39, 0.29) is 11.4 Å². The summed E-state index contributed by atoms with van der Waals surface area (Å²) in [6, 6.07) is 7.24. The van der Waals surface area contributed by atoms with Crippen molar-refractivity contribution in [2.24, 2.45) is 5.73 Å². The zero-order valence-corrected chi connectivity index (χ0v) is 11.5. The number of anilines is 1. The lowest BCUT2D eigenvalue weighted by atomic mass is 10.1. The number of carbonyl (C=O) groups is 1. The summed E-state index contributed by atoms with van der Waals surface area (Å²) in [6.45, 7) is 1.79. The number of nitrogens with zero attached hydrogens (tertiary/aromatic N) is 1. The lowest BCUT2D eigenvalue weighted by Gasteiger charge is -2.11. The Hall–Kier alpha value is -2.25. The van der Waals surface area contributed by atoms with Gasteiger partial charge in [0.15, 0.2) is 0 Å². The number of nitrogens with two attached hydrogens (primary N) is 1. The van der Waals surface area contributed by atoms with Crippen molar-refractivity contribution in [2.75, 3.05) is 5.32 Å². The molecule has 0 aliphatic heterocycles. The molecule has 1 aromatic heterocycles. The Balaban J connectivity index is 2.23. The van der Waals surface area contributed by atoms with Gasteiger partial charge >= 0.3 is 0 Å². The number of aryl methyl sites for hydroxylation is 1. The number of thiophene rings is 1. The molecule has 104 valence electrons. The van der Waals surface area contributed by atoms with Gasteiger partial charge in [-0.25, -0.2) is 0 Å². The third-order valence-electron chi connectivity index (χ3n) is 2.74. The molecule has 1 unspecified atom stereocenters. The predicted octanol–water partition coefficient (Wildman–Crippen LogP) is 2.60. The molecule has 1 aromatic carbocycles. The van der Waals surface area contributed by atoms with Gasteiger partial charge in [0.25, 0.3) is 5.69 Å². The SMILES string of the molecule is Cc1ccc([N+](=O)[O-])c(NC(=O)C(N)c2cccs2)c1. The molecular formula is C13H13N3O3S. The number of rotatable bonds is 4. The zero-order valence-electron chi connectivity index (χ0n) is 10.7. The highest BCUT2D eigenvalue weighted by Gasteiger charge is 2.21. The zero-order chi connectivity index (χ0) is 14.7. The number of nitro benzene ring substituents is 1. The molecule has 0 saturated carbocycles. The molecule has 20 heavy (non-hydrogen) atoms. The fraction of sp³-hybridized carbons (Fsp3) is 0.154. The minimum Gasteiger partial charge on any atom is -0.319 e. The van der Waals surface area contributed by atoms with E-state index in [0.29, 0.717) is 4.88 Å². The van der Waals surface area contributed by atoms with Crippen LogP contribution in [0.15, 0.2) is 35.7 Å². The summed E-state index contributed by atoms with van der Waals surface area (Å²) in [5.41, 5.74) is 6.65. The standard InChI is InChI=1S/C13H13N3O3S/c1-8-4-5-10(16(18)19)9(7-8)15-13(17)12(14)11-3-2-6-20-11/h2-7,12H,14H2,1H3,(H,15,17). The fourth-order valence-electron chi connectivity index (χ4n) is 1.72. The second-order valence-electron chi connectivity index (χ2n) is 4.26. The smallest absolute Gasteiger partial charge is 0.292 e. The summed E-state index contributed by atoms with van der Waals surface area (Å²) < 4.78 is 0. The van der Waals surface area contributed by atoms with Crippen molar-refractivity contribution >= 4 is 28.6 Å². The van der Waals surface area contributed by atoms with E-state index in [1.54, 1.807) is 31.2 Å². The number of carbonyl (C=O) groups excluding carboxylic acids is 1. The van der Waals surface area contributed by atoms with Crippen LogP contribution in [0.2, 0.25) is 0 Å². The first kappa shape index (κ1) is 14.2. The van der Waals surface area contributed by atoms with Crippen molar-refractivity contribution in [1.82, 2.24) is 0 Å². The Morgan fingerprint density at radius 1 is 1.45 bits per heavy atom. The summed E-state index contributed by atoms with van der Waals surface area (Å²) in [7, 11) is 0. The Morgan fingerprint density at radius 2 is 2.20 bits per heavy atom. The largest absolute Gasteiger partial charge is 0.319 e. The second-order valence-corrected chi connectivity index (χ2v) is 5.24. The highest BCUT2D eigenvalue weighted by atomic mass is 32.1. The summed E-state index contributed by atoms with van der Waals surface area (Å²) >= 11 is 1.36. The Kier molecular flexibility index (Phi) is 4.11. The van der Waals surface area contributed by atoms with Gasteiger partial charge in [0.2, 0.25) is 5.91 Å². The van der Waals surface area contributed by atoms with E-state index >= 15 is 0 Å². The third kappa shape index (κ3) is 3.01. The summed E-state index contributed by atoms with van der Waals surface area (Å²) in [6.07, 6.45) is 0. The summed E-state index contributed by atoms with van der Waals surface area (Å²) in [4.78, 5) is 23.2. The molecule has 0 aliphatic carbocycles. The number of nitro groups is 1. The van der Waals surface area contributed by atoms with Gasteiger partial charge in [0, 0.05) is 10.9 Å². The molecule has 1 atom stereocenters. The quantitative estimate of drug-likeness (QED) is 0.668. The van der Waals surface area contributed by atoms with Crippen LogP contribution in [-0.2, 0) is 4.79 Å². The highest BCUT2D eigenvalue weighted by molar-refractivity contribution is 7.10. The molecule has 3 N–H and O–H groups in total. The minimum absolute atomic E-state index is 0.151. The molecule has 0 bridgehead atoms. The van der Waals surface area contributed by atoms with E-state index < -0.39 is 16.9 Å². The molecule has 1 amide bonds. The van der Waals surface area contributed by atoms with E-state index in [1.165, 1.54) is 17.4 Å². The van der Waals surface area contributed by atoms with E-state index in [1.807, 2.05) is 5.38 Å². The first-order chi connectivity index (χ1) is 9.49. The highest BCUT2D eigenvalue weighted by Crippen LogP contribution is 2.26. The van der Waals surface area contributed by atoms with Crippen molar-refractivity contribution in [2.45, 2.75) is 13.0 Å². The van der Waals surface area contributed by atoms with Gasteiger partial charge in [-0.3, -0.25) is 14.9 Å². The van der Waals surface area contributed by atoms with Crippen molar-refractivity contribution in [1.29, 1.82) is 0 Å². The van der Waals surface area contributed by atoms with E-state index in [2.05, 4.69) is 5.32 Å². The molecule has 2 aromatic rings. The Bertz CT molecular complexity index is 640. The van der Waals surface area contributed by atoms with Gasteiger partial charge in [0.05, 0.1) is 4.92 Å². The fourth-order valence-corrected chi connectivity index (χ4v) is 2.44. The molecule has 0 radical (unpaired) electrons. The maximum Gasteiger partial charge on any atom is 0.292 e. The molecule has 0 saturated heterocycles. The lowest BCUT2D eigenvalue weighted by molar-refractivity contribution is -0.383. The first-order valence-corrected chi connectivity index (χ1v) is 6.72. The number of benzene rings is 1. The molecule has 7 heteroatoms. The maximum atomic E-state index is 12.0. The summed E-state index contributed by atoms with van der Waals surface area (Å²) in [5, 5.41) is 15.3. The first-order valence-electron chi connectivity index (χ1n) is 5.84. The predicted molar refractivity (Wildman–Crippen MR) is 77.7 cm³/mol. The minimum atomic E-state index is -0.838. The van der Waals surface area contributed by atoms with Crippen molar-refractivity contribution < 1.29 is 9.72 Å². The van der Waals surface area contributed by atoms with Gasteiger partial charge in [-0.2, -0.15) is 0 Å². The molecule has 1 heterocycles. The average molecular weight is 291 g/mol. The van der Waals surface area contributed by atoms with Gasteiger partial charge in [-0.15, -0.1) is 11.3 Å². The molecule has 0 fully saturated rings. The molecular weight excluding hydrogens is 278 g/mol. The molecule has 6 nitrogen and oxygen atoms in total. The van der Waals surface area contributed by atoms with Gasteiger partial charge in [0.1, 0.15) is 11.7 Å². The monoisotopic (exact) mass is 291 g/mol. The van der Waals surface area contributed by atoms with E-state index in [9.17, 15) is 14.9 Å². The average Bonchev–Trinajstić information content (AvgIpc) is 2.91. The van der Waals surface area contributed by atoms with Gasteiger partial charge < -0.3 is 11.1 Å². The van der Waals surface area contributed by atoms with Gasteiger partial charge in [-0.1, -0.05) is 12.1 Å². The van der Waals surface area contributed by atoms with Crippen LogP contribution in [0, 0.1) is 17.0 Å². The van der Waals surface area contributed by atoms with Crippen molar-refractivity contribution in [3.05, 3.63) is 56.3 Å². The van der Waals surface area contributed by atoms with Crippen molar-refractivity contribution in [3.63, 3.8) is 0 Å². The topological polar surface area (TPSA) is 98.3 Å².